The molecule has 1 aromatic rings. The second-order valence-electron chi connectivity index (χ2n) is 4.75. The van der Waals surface area contributed by atoms with Gasteiger partial charge in [0.05, 0.1) is 0 Å². The van der Waals surface area contributed by atoms with E-state index in [1.165, 1.54) is 5.69 Å². The topological polar surface area (TPSA) is 37.2 Å². The Morgan fingerprint density at radius 3 is 2.53 bits per heavy atom. The molecular weight excluding hydrogens is 212 g/mol. The summed E-state index contributed by atoms with van der Waals surface area (Å²) < 4.78 is 2.24. The Hall–Kier alpha value is -0.800. The molecule has 2 N–H and O–H groups in total. The third kappa shape index (κ3) is 3.58. The summed E-state index contributed by atoms with van der Waals surface area (Å²) in [5, 5.41) is 13.0. The Morgan fingerprint density at radius 2 is 2.00 bits per heavy atom. The molecule has 0 amide bonds. The van der Waals surface area contributed by atoms with E-state index in [1.54, 1.807) is 0 Å². The van der Waals surface area contributed by atoms with Gasteiger partial charge in [0.2, 0.25) is 0 Å². The van der Waals surface area contributed by atoms with Crippen LogP contribution in [0.2, 0.25) is 0 Å². The number of aromatic nitrogens is 1. The summed E-state index contributed by atoms with van der Waals surface area (Å²) in [6, 6.07) is 4.23. The monoisotopic (exact) mass is 238 g/mol. The van der Waals surface area contributed by atoms with E-state index in [1.807, 2.05) is 0 Å². The summed E-state index contributed by atoms with van der Waals surface area (Å²) in [5.74, 6) is 0. The highest BCUT2D eigenvalue weighted by Gasteiger charge is 2.24. The van der Waals surface area contributed by atoms with Crippen molar-refractivity contribution < 1.29 is 5.11 Å². The first kappa shape index (κ1) is 14.3. The van der Waals surface area contributed by atoms with Gasteiger partial charge in [-0.3, -0.25) is 0 Å². The van der Waals surface area contributed by atoms with Crippen LogP contribution in [0.5, 0.6) is 0 Å². The molecule has 3 heteroatoms. The smallest absolute Gasteiger partial charge is 0.0499 e. The first-order chi connectivity index (χ1) is 8.21. The van der Waals surface area contributed by atoms with Crippen molar-refractivity contribution in [1.82, 2.24) is 9.88 Å². The molecule has 0 aliphatic carbocycles. The minimum Gasteiger partial charge on any atom is -0.396 e. The zero-order chi connectivity index (χ0) is 12.7. The van der Waals surface area contributed by atoms with Crippen molar-refractivity contribution in [3.63, 3.8) is 0 Å². The fourth-order valence-electron chi connectivity index (χ4n) is 2.15. The van der Waals surface area contributed by atoms with E-state index in [-0.39, 0.29) is 12.0 Å². The lowest BCUT2D eigenvalue weighted by molar-refractivity contribution is 0.113. The Labute approximate surface area is 105 Å². The van der Waals surface area contributed by atoms with Gasteiger partial charge < -0.3 is 15.0 Å². The average molecular weight is 238 g/mol. The molecule has 0 fully saturated rings. The van der Waals surface area contributed by atoms with E-state index < -0.39 is 0 Å². The third-order valence-corrected chi connectivity index (χ3v) is 3.91. The van der Waals surface area contributed by atoms with E-state index in [2.05, 4.69) is 49.0 Å². The van der Waals surface area contributed by atoms with Crippen LogP contribution in [0.4, 0.5) is 0 Å². The van der Waals surface area contributed by atoms with Crippen LogP contribution in [0.25, 0.3) is 0 Å². The molecule has 0 aromatic carbocycles. The molecular formula is C14H26N2O. The van der Waals surface area contributed by atoms with E-state index >= 15 is 0 Å². The maximum absolute atomic E-state index is 9.49. The first-order valence-electron chi connectivity index (χ1n) is 6.67. The number of nitrogens with zero attached hydrogens (tertiary/aromatic N) is 1. The molecule has 0 saturated carbocycles. The summed E-state index contributed by atoms with van der Waals surface area (Å²) in [4.78, 5) is 0. The number of rotatable bonds is 8. The number of hydrogen-bond acceptors (Lipinski definition) is 2. The highest BCUT2D eigenvalue weighted by atomic mass is 16.3. The number of aryl methyl sites for hydroxylation is 1. The predicted molar refractivity (Wildman–Crippen MR) is 71.9 cm³/mol. The molecule has 0 saturated heterocycles. The fourth-order valence-corrected chi connectivity index (χ4v) is 2.15. The Morgan fingerprint density at radius 1 is 1.29 bits per heavy atom. The van der Waals surface area contributed by atoms with Crippen LogP contribution in [-0.4, -0.2) is 22.8 Å². The average Bonchev–Trinajstić information content (AvgIpc) is 2.83. The van der Waals surface area contributed by atoms with Crippen molar-refractivity contribution in [2.75, 3.05) is 13.2 Å². The lowest BCUT2D eigenvalue weighted by Crippen LogP contribution is -2.36. The zero-order valence-corrected chi connectivity index (χ0v) is 11.4. The molecule has 17 heavy (non-hydrogen) atoms. The summed E-state index contributed by atoms with van der Waals surface area (Å²) in [6.45, 7) is 9.48. The van der Waals surface area contributed by atoms with Crippen LogP contribution in [0.1, 0.15) is 39.3 Å². The third-order valence-electron chi connectivity index (χ3n) is 3.91. The van der Waals surface area contributed by atoms with Gasteiger partial charge in [0, 0.05) is 43.5 Å². The van der Waals surface area contributed by atoms with Crippen LogP contribution in [0.15, 0.2) is 18.3 Å². The van der Waals surface area contributed by atoms with Crippen molar-refractivity contribution in [3.8, 4) is 0 Å². The Balaban J connectivity index is 2.46. The Bertz CT molecular complexity index is 308. The number of aliphatic hydroxyl groups excluding tert-OH is 1. The molecule has 0 spiro atoms. The highest BCUT2D eigenvalue weighted by Crippen LogP contribution is 2.24. The van der Waals surface area contributed by atoms with Crippen LogP contribution in [-0.2, 0) is 13.1 Å². The molecule has 98 valence electrons. The molecule has 0 aliphatic rings. The van der Waals surface area contributed by atoms with Gasteiger partial charge in [0.15, 0.2) is 0 Å². The summed E-state index contributed by atoms with van der Waals surface area (Å²) in [7, 11) is 0. The number of nitrogens with one attached hydrogen (secondary N) is 1. The second kappa shape index (κ2) is 6.82. The number of aliphatic hydroxyl groups is 1. The minimum absolute atomic E-state index is 0.0453. The molecule has 1 aromatic heterocycles. The number of hydrogen-bond donors (Lipinski definition) is 2. The summed E-state index contributed by atoms with van der Waals surface area (Å²) in [6.07, 6.45) is 4.14. The van der Waals surface area contributed by atoms with Gasteiger partial charge in [-0.1, -0.05) is 13.8 Å². The molecule has 0 aliphatic heterocycles. The van der Waals surface area contributed by atoms with Crippen LogP contribution < -0.4 is 5.32 Å². The Kier molecular flexibility index (Phi) is 5.72. The quantitative estimate of drug-likeness (QED) is 0.729. The molecule has 0 atom stereocenters. The lowest BCUT2D eigenvalue weighted by Gasteiger charge is -2.29. The van der Waals surface area contributed by atoms with Crippen molar-refractivity contribution in [2.45, 2.75) is 46.7 Å². The van der Waals surface area contributed by atoms with Gasteiger partial charge >= 0.3 is 0 Å². The fraction of sp³-hybridized carbons (Fsp3) is 0.714. The van der Waals surface area contributed by atoms with Crippen molar-refractivity contribution in [1.29, 1.82) is 0 Å². The largest absolute Gasteiger partial charge is 0.396 e. The molecule has 0 unspecified atom stereocenters. The van der Waals surface area contributed by atoms with E-state index in [0.29, 0.717) is 0 Å². The van der Waals surface area contributed by atoms with Crippen molar-refractivity contribution in [3.05, 3.63) is 24.0 Å². The SMILES string of the molecule is CCn1cccc1CNCC(CC)(CC)CO. The molecule has 1 heterocycles. The highest BCUT2D eigenvalue weighted by molar-refractivity contribution is 5.06. The van der Waals surface area contributed by atoms with Gasteiger partial charge in [0.25, 0.3) is 0 Å². The first-order valence-corrected chi connectivity index (χ1v) is 6.67. The maximum atomic E-state index is 9.49. The molecule has 0 radical (unpaired) electrons. The normalized spacial score (nSPS) is 12.0. The van der Waals surface area contributed by atoms with E-state index in [4.69, 9.17) is 0 Å². The van der Waals surface area contributed by atoms with Gasteiger partial charge in [-0.05, 0) is 31.9 Å². The minimum atomic E-state index is 0.0453. The van der Waals surface area contributed by atoms with Gasteiger partial charge in [-0.15, -0.1) is 0 Å². The lowest BCUT2D eigenvalue weighted by atomic mass is 9.83. The summed E-state index contributed by atoms with van der Waals surface area (Å²) >= 11 is 0. The zero-order valence-electron chi connectivity index (χ0n) is 11.4. The van der Waals surface area contributed by atoms with Gasteiger partial charge in [-0.25, -0.2) is 0 Å². The standard InChI is InChI=1S/C14H26N2O/c1-4-14(5-2,12-17)11-15-10-13-8-7-9-16(13)6-3/h7-9,15,17H,4-6,10-12H2,1-3H3. The van der Waals surface area contributed by atoms with Crippen molar-refractivity contribution >= 4 is 0 Å². The van der Waals surface area contributed by atoms with Gasteiger partial charge in [-0.2, -0.15) is 0 Å². The summed E-state index contributed by atoms with van der Waals surface area (Å²) in [5.41, 5.74) is 1.36. The maximum Gasteiger partial charge on any atom is 0.0499 e. The molecule has 3 nitrogen and oxygen atoms in total. The van der Waals surface area contributed by atoms with Crippen LogP contribution >= 0.6 is 0 Å². The molecule has 0 bridgehead atoms. The van der Waals surface area contributed by atoms with E-state index in [9.17, 15) is 5.11 Å². The van der Waals surface area contributed by atoms with Crippen LogP contribution in [0, 0.1) is 5.41 Å². The molecule has 1 rings (SSSR count). The predicted octanol–water partition coefficient (Wildman–Crippen LogP) is 2.40. The van der Waals surface area contributed by atoms with E-state index in [0.717, 1.165) is 32.5 Å². The van der Waals surface area contributed by atoms with Crippen molar-refractivity contribution in [2.24, 2.45) is 5.41 Å². The van der Waals surface area contributed by atoms with Gasteiger partial charge in [0.1, 0.15) is 0 Å². The van der Waals surface area contributed by atoms with Crippen LogP contribution in [0.3, 0.4) is 0 Å². The second-order valence-corrected chi connectivity index (χ2v) is 4.75.